The first-order valence-electron chi connectivity index (χ1n) is 4.52. The Morgan fingerprint density at radius 3 is 1.15 bits per heavy atom. The van der Waals surface area contributed by atoms with E-state index < -0.39 is 0 Å². The van der Waals surface area contributed by atoms with Crippen molar-refractivity contribution in [2.75, 3.05) is 0 Å². The normalized spacial score (nSPS) is 15.2. The minimum Gasteiger partial charge on any atom is -0.327 e. The first kappa shape index (κ1) is 19.1. The molecule has 0 saturated carbocycles. The molecule has 2 atom stereocenters. The third kappa shape index (κ3) is 4.03. The van der Waals surface area contributed by atoms with Gasteiger partial charge in [0.2, 0.25) is 0 Å². The Morgan fingerprint density at radius 2 is 1.15 bits per heavy atom. The van der Waals surface area contributed by atoms with Crippen LogP contribution in [-0.4, -0.2) is 12.1 Å². The largest absolute Gasteiger partial charge is 0.327 e. The van der Waals surface area contributed by atoms with Crippen LogP contribution in [0, 0.1) is 5.41 Å². The smallest absolute Gasteiger partial charge is 0.00815 e. The molecule has 0 aliphatic rings. The van der Waals surface area contributed by atoms with E-state index >= 15 is 0 Å². The summed E-state index contributed by atoms with van der Waals surface area (Å²) < 4.78 is 0. The zero-order valence-electron chi connectivity index (χ0n) is 9.04. The summed E-state index contributed by atoms with van der Waals surface area (Å²) in [6.45, 7) is 8.43. The van der Waals surface area contributed by atoms with Gasteiger partial charge in [-0.25, -0.2) is 0 Å². The van der Waals surface area contributed by atoms with Gasteiger partial charge in [-0.05, 0) is 32.1 Å². The van der Waals surface area contributed by atoms with Crippen molar-refractivity contribution in [1.82, 2.24) is 0 Å². The van der Waals surface area contributed by atoms with Crippen LogP contribution in [0.3, 0.4) is 0 Å². The van der Waals surface area contributed by atoms with Crippen LogP contribution >= 0.6 is 24.8 Å². The van der Waals surface area contributed by atoms with E-state index in [0.29, 0.717) is 0 Å². The first-order valence-corrected chi connectivity index (χ1v) is 4.52. The van der Waals surface area contributed by atoms with Gasteiger partial charge in [0.25, 0.3) is 0 Å². The van der Waals surface area contributed by atoms with E-state index in [1.165, 1.54) is 0 Å². The summed E-state index contributed by atoms with van der Waals surface area (Å²) in [6, 6.07) is 0.384. The Morgan fingerprint density at radius 1 is 0.923 bits per heavy atom. The third-order valence-corrected chi connectivity index (χ3v) is 3.13. The minimum atomic E-state index is 0. The topological polar surface area (TPSA) is 52.0 Å². The molecule has 0 saturated heterocycles. The Hall–Kier alpha value is 0.500. The molecule has 0 spiro atoms. The maximum absolute atomic E-state index is 5.91. The second-order valence-electron chi connectivity index (χ2n) is 3.52. The lowest BCUT2D eigenvalue weighted by Gasteiger charge is -2.39. The lowest BCUT2D eigenvalue weighted by Crippen LogP contribution is -2.50. The summed E-state index contributed by atoms with van der Waals surface area (Å²) >= 11 is 0. The maximum Gasteiger partial charge on any atom is 0.00815 e. The Labute approximate surface area is 94.6 Å². The summed E-state index contributed by atoms with van der Waals surface area (Å²) in [5, 5.41) is 0. The summed E-state index contributed by atoms with van der Waals surface area (Å²) in [7, 11) is 0. The number of rotatable bonds is 4. The van der Waals surface area contributed by atoms with Gasteiger partial charge in [-0.15, -0.1) is 24.8 Å². The van der Waals surface area contributed by atoms with Crippen molar-refractivity contribution in [3.05, 3.63) is 0 Å². The van der Waals surface area contributed by atoms with E-state index in [1.807, 2.05) is 0 Å². The molecular weight excluding hydrogens is 207 g/mol. The molecule has 0 aromatic heterocycles. The van der Waals surface area contributed by atoms with Gasteiger partial charge >= 0.3 is 0 Å². The van der Waals surface area contributed by atoms with Gasteiger partial charge < -0.3 is 11.5 Å². The van der Waals surface area contributed by atoms with Crippen LogP contribution < -0.4 is 11.5 Å². The zero-order valence-corrected chi connectivity index (χ0v) is 10.7. The van der Waals surface area contributed by atoms with Gasteiger partial charge in [0, 0.05) is 12.1 Å². The van der Waals surface area contributed by atoms with Crippen molar-refractivity contribution < 1.29 is 0 Å². The highest BCUT2D eigenvalue weighted by Crippen LogP contribution is 2.32. The highest BCUT2D eigenvalue weighted by molar-refractivity contribution is 5.85. The van der Waals surface area contributed by atoms with E-state index in [-0.39, 0.29) is 42.3 Å². The number of halogens is 2. The number of nitrogens with two attached hydrogens (primary N) is 2. The minimum absolute atomic E-state index is 0. The molecule has 0 aromatic carbocycles. The molecule has 0 heterocycles. The Kier molecular flexibility index (Phi) is 11.6. The molecule has 0 amide bonds. The standard InChI is InChI=1S/C9H22N2.2ClH/c1-5-9(6-2,7(3)10)8(4)11;;/h7-8H,5-6,10-11H2,1-4H3;2*1H. The van der Waals surface area contributed by atoms with Gasteiger partial charge in [0.15, 0.2) is 0 Å². The molecule has 0 rings (SSSR count). The van der Waals surface area contributed by atoms with E-state index in [0.717, 1.165) is 12.8 Å². The summed E-state index contributed by atoms with van der Waals surface area (Å²) in [6.07, 6.45) is 2.14. The molecule has 4 heteroatoms. The van der Waals surface area contributed by atoms with Crippen molar-refractivity contribution in [2.45, 2.75) is 52.6 Å². The van der Waals surface area contributed by atoms with Crippen LogP contribution in [0.25, 0.3) is 0 Å². The van der Waals surface area contributed by atoms with Crippen molar-refractivity contribution in [1.29, 1.82) is 0 Å². The van der Waals surface area contributed by atoms with Gasteiger partial charge in [0.05, 0.1) is 0 Å². The third-order valence-electron chi connectivity index (χ3n) is 3.13. The van der Waals surface area contributed by atoms with E-state index in [2.05, 4.69) is 27.7 Å². The van der Waals surface area contributed by atoms with E-state index in [4.69, 9.17) is 11.5 Å². The summed E-state index contributed by atoms with van der Waals surface area (Å²) in [4.78, 5) is 0. The second kappa shape index (κ2) is 7.86. The van der Waals surface area contributed by atoms with E-state index in [1.54, 1.807) is 0 Å². The first-order chi connectivity index (χ1) is 5.01. The lowest BCUT2D eigenvalue weighted by atomic mass is 9.71. The molecule has 0 aliphatic heterocycles. The van der Waals surface area contributed by atoms with Crippen LogP contribution in [-0.2, 0) is 0 Å². The van der Waals surface area contributed by atoms with Gasteiger partial charge in [-0.3, -0.25) is 0 Å². The fourth-order valence-electron chi connectivity index (χ4n) is 1.95. The lowest BCUT2D eigenvalue weighted by molar-refractivity contribution is 0.173. The van der Waals surface area contributed by atoms with Gasteiger partial charge in [-0.1, -0.05) is 13.8 Å². The predicted molar refractivity (Wildman–Crippen MR) is 64.8 cm³/mol. The molecule has 0 aliphatic carbocycles. The molecule has 0 radical (unpaired) electrons. The number of hydrogen-bond donors (Lipinski definition) is 2. The van der Waals surface area contributed by atoms with Gasteiger partial charge in [-0.2, -0.15) is 0 Å². The quantitative estimate of drug-likeness (QED) is 0.780. The van der Waals surface area contributed by atoms with Crippen molar-refractivity contribution in [3.63, 3.8) is 0 Å². The van der Waals surface area contributed by atoms with Crippen LogP contribution in [0.15, 0.2) is 0 Å². The zero-order chi connectivity index (χ0) is 9.07. The van der Waals surface area contributed by atoms with Crippen LogP contribution in [0.1, 0.15) is 40.5 Å². The molecule has 0 aromatic rings. The summed E-state index contributed by atoms with van der Waals surface area (Å²) in [5.41, 5.74) is 12.0. The van der Waals surface area contributed by atoms with E-state index in [9.17, 15) is 0 Å². The summed E-state index contributed by atoms with van der Waals surface area (Å²) in [5.74, 6) is 0. The van der Waals surface area contributed by atoms with Crippen molar-refractivity contribution in [3.8, 4) is 0 Å². The molecular formula is C9H24Cl2N2. The van der Waals surface area contributed by atoms with Crippen molar-refractivity contribution >= 4 is 24.8 Å². The Bertz CT molecular complexity index is 102. The second-order valence-corrected chi connectivity index (χ2v) is 3.52. The molecule has 2 unspecified atom stereocenters. The molecule has 4 N–H and O–H groups in total. The highest BCUT2D eigenvalue weighted by Gasteiger charge is 2.34. The maximum atomic E-state index is 5.91. The number of hydrogen-bond acceptors (Lipinski definition) is 2. The molecule has 0 bridgehead atoms. The molecule has 0 fully saturated rings. The van der Waals surface area contributed by atoms with Gasteiger partial charge in [0.1, 0.15) is 0 Å². The van der Waals surface area contributed by atoms with Crippen LogP contribution in [0.2, 0.25) is 0 Å². The van der Waals surface area contributed by atoms with Crippen LogP contribution in [0.4, 0.5) is 0 Å². The monoisotopic (exact) mass is 230 g/mol. The fraction of sp³-hybridized carbons (Fsp3) is 1.00. The average Bonchev–Trinajstić information content (AvgIpc) is 1.90. The molecule has 2 nitrogen and oxygen atoms in total. The fourth-order valence-corrected chi connectivity index (χ4v) is 1.95. The Balaban J connectivity index is -0.000000500. The average molecular weight is 231 g/mol. The SMILES string of the molecule is CCC(CC)(C(C)N)C(C)N.Cl.Cl. The molecule has 84 valence electrons. The highest BCUT2D eigenvalue weighted by atomic mass is 35.5. The van der Waals surface area contributed by atoms with Crippen LogP contribution in [0.5, 0.6) is 0 Å². The predicted octanol–water partition coefficient (Wildman–Crippen LogP) is 2.33. The van der Waals surface area contributed by atoms with Crippen molar-refractivity contribution in [2.24, 2.45) is 16.9 Å². The molecule has 13 heavy (non-hydrogen) atoms.